The molecule has 14 heavy (non-hydrogen) atoms. The molecule has 0 radical (unpaired) electrons. The highest BCUT2D eigenvalue weighted by Gasteiger charge is 2.06. The van der Waals surface area contributed by atoms with Crippen molar-refractivity contribution in [3.05, 3.63) is 12.2 Å². The fourth-order valence-corrected chi connectivity index (χ4v) is 1.90. The lowest BCUT2D eigenvalue weighted by molar-refractivity contribution is 0.283. The summed E-state index contributed by atoms with van der Waals surface area (Å²) in [4.78, 5) is 0. The minimum absolute atomic E-state index is 0.326. The van der Waals surface area contributed by atoms with E-state index in [0.717, 1.165) is 31.8 Å². The van der Waals surface area contributed by atoms with Gasteiger partial charge in [0.2, 0.25) is 0 Å². The van der Waals surface area contributed by atoms with Crippen LogP contribution in [0.3, 0.4) is 0 Å². The number of aliphatic hydroxyl groups is 1. The van der Waals surface area contributed by atoms with Crippen LogP contribution in [0.1, 0.15) is 38.5 Å². The normalized spacial score (nSPS) is 21.4. The Kier molecular flexibility index (Phi) is 6.71. The van der Waals surface area contributed by atoms with Gasteiger partial charge in [-0.3, -0.25) is 0 Å². The van der Waals surface area contributed by atoms with Crippen LogP contribution in [0.4, 0.5) is 0 Å². The Morgan fingerprint density at radius 3 is 2.93 bits per heavy atom. The van der Waals surface area contributed by atoms with E-state index in [1.807, 2.05) is 0 Å². The largest absolute Gasteiger partial charge is 0.396 e. The van der Waals surface area contributed by atoms with Crippen molar-refractivity contribution >= 4 is 0 Å². The third-order valence-corrected chi connectivity index (χ3v) is 2.81. The summed E-state index contributed by atoms with van der Waals surface area (Å²) >= 11 is 0. The van der Waals surface area contributed by atoms with Gasteiger partial charge in [-0.05, 0) is 57.5 Å². The summed E-state index contributed by atoms with van der Waals surface area (Å²) in [5.74, 6) is 0.814. The first-order chi connectivity index (χ1) is 6.93. The van der Waals surface area contributed by atoms with Crippen molar-refractivity contribution in [1.29, 1.82) is 0 Å². The zero-order chi connectivity index (χ0) is 10.1. The van der Waals surface area contributed by atoms with Gasteiger partial charge in [0.05, 0.1) is 0 Å². The molecule has 0 saturated carbocycles. The molecule has 2 nitrogen and oxygen atoms in total. The molecule has 82 valence electrons. The van der Waals surface area contributed by atoms with Crippen molar-refractivity contribution in [3.8, 4) is 0 Å². The van der Waals surface area contributed by atoms with E-state index in [2.05, 4.69) is 17.5 Å². The van der Waals surface area contributed by atoms with Crippen molar-refractivity contribution in [2.75, 3.05) is 19.7 Å². The molecule has 0 saturated heterocycles. The molecule has 0 aliphatic heterocycles. The molecule has 0 spiro atoms. The first-order valence-corrected chi connectivity index (χ1v) is 5.91. The van der Waals surface area contributed by atoms with E-state index in [-0.39, 0.29) is 0 Å². The summed E-state index contributed by atoms with van der Waals surface area (Å²) in [6.45, 7) is 2.50. The molecular formula is C12H23NO. The van der Waals surface area contributed by atoms with Crippen LogP contribution >= 0.6 is 0 Å². The second-order valence-electron chi connectivity index (χ2n) is 4.09. The lowest BCUT2D eigenvalue weighted by atomic mass is 9.93. The number of aliphatic hydroxyl groups excluding tert-OH is 1. The third-order valence-electron chi connectivity index (χ3n) is 2.81. The Morgan fingerprint density at radius 1 is 1.29 bits per heavy atom. The standard InChI is InChI=1S/C12H23NO/c14-11-5-4-9-13-10-8-12-6-2-1-3-7-12/h2,6,12-14H,1,3-5,7-11H2. The van der Waals surface area contributed by atoms with E-state index in [1.54, 1.807) is 0 Å². The van der Waals surface area contributed by atoms with Gasteiger partial charge in [0.1, 0.15) is 0 Å². The molecule has 0 aromatic rings. The predicted molar refractivity (Wildman–Crippen MR) is 60.3 cm³/mol. The van der Waals surface area contributed by atoms with Gasteiger partial charge in [0, 0.05) is 6.61 Å². The van der Waals surface area contributed by atoms with Crippen molar-refractivity contribution in [1.82, 2.24) is 5.32 Å². The number of hydrogen-bond acceptors (Lipinski definition) is 2. The summed E-state index contributed by atoms with van der Waals surface area (Å²) in [5, 5.41) is 12.0. The van der Waals surface area contributed by atoms with Crippen LogP contribution in [0.2, 0.25) is 0 Å². The maximum atomic E-state index is 8.59. The van der Waals surface area contributed by atoms with E-state index >= 15 is 0 Å². The van der Waals surface area contributed by atoms with Crippen LogP contribution < -0.4 is 5.32 Å². The maximum Gasteiger partial charge on any atom is 0.0431 e. The summed E-state index contributed by atoms with van der Waals surface area (Å²) in [7, 11) is 0. The SMILES string of the molecule is OCCCCNCCC1C=CCCC1. The molecule has 1 aliphatic rings. The van der Waals surface area contributed by atoms with Gasteiger partial charge in [-0.1, -0.05) is 12.2 Å². The highest BCUT2D eigenvalue weighted by atomic mass is 16.2. The molecule has 0 aromatic heterocycles. The van der Waals surface area contributed by atoms with Crippen LogP contribution in [0.5, 0.6) is 0 Å². The minimum Gasteiger partial charge on any atom is -0.396 e. The average molecular weight is 197 g/mol. The summed E-state index contributed by atoms with van der Waals surface area (Å²) in [6, 6.07) is 0. The van der Waals surface area contributed by atoms with Crippen molar-refractivity contribution in [2.24, 2.45) is 5.92 Å². The van der Waals surface area contributed by atoms with E-state index in [1.165, 1.54) is 25.7 Å². The Balaban J connectivity index is 1.88. The topological polar surface area (TPSA) is 32.3 Å². The van der Waals surface area contributed by atoms with Gasteiger partial charge in [0.25, 0.3) is 0 Å². The number of rotatable bonds is 7. The van der Waals surface area contributed by atoms with Crippen LogP contribution in [0.15, 0.2) is 12.2 Å². The summed E-state index contributed by atoms with van der Waals surface area (Å²) in [5.41, 5.74) is 0. The van der Waals surface area contributed by atoms with E-state index in [9.17, 15) is 0 Å². The van der Waals surface area contributed by atoms with Crippen molar-refractivity contribution < 1.29 is 5.11 Å². The summed E-state index contributed by atoms with van der Waals surface area (Å²) < 4.78 is 0. The van der Waals surface area contributed by atoms with Gasteiger partial charge in [0.15, 0.2) is 0 Å². The van der Waals surface area contributed by atoms with E-state index in [4.69, 9.17) is 5.11 Å². The molecule has 0 amide bonds. The molecule has 1 aliphatic carbocycles. The maximum absolute atomic E-state index is 8.59. The van der Waals surface area contributed by atoms with Crippen molar-refractivity contribution in [3.63, 3.8) is 0 Å². The minimum atomic E-state index is 0.326. The number of hydrogen-bond donors (Lipinski definition) is 2. The fraction of sp³-hybridized carbons (Fsp3) is 0.833. The number of nitrogens with one attached hydrogen (secondary N) is 1. The van der Waals surface area contributed by atoms with Gasteiger partial charge in [-0.25, -0.2) is 0 Å². The Bertz CT molecular complexity index is 156. The van der Waals surface area contributed by atoms with Crippen LogP contribution in [-0.4, -0.2) is 24.8 Å². The van der Waals surface area contributed by atoms with E-state index < -0.39 is 0 Å². The fourth-order valence-electron chi connectivity index (χ4n) is 1.90. The smallest absolute Gasteiger partial charge is 0.0431 e. The first-order valence-electron chi connectivity index (χ1n) is 5.91. The molecular weight excluding hydrogens is 174 g/mol. The molecule has 2 heteroatoms. The van der Waals surface area contributed by atoms with Gasteiger partial charge >= 0.3 is 0 Å². The van der Waals surface area contributed by atoms with Crippen molar-refractivity contribution in [2.45, 2.75) is 38.5 Å². The summed E-state index contributed by atoms with van der Waals surface area (Å²) in [6.07, 6.45) is 12.0. The zero-order valence-corrected chi connectivity index (χ0v) is 9.04. The molecule has 0 fully saturated rings. The molecule has 2 N–H and O–H groups in total. The monoisotopic (exact) mass is 197 g/mol. The highest BCUT2D eigenvalue weighted by Crippen LogP contribution is 2.19. The molecule has 1 rings (SSSR count). The number of allylic oxidation sites excluding steroid dienone is 2. The quantitative estimate of drug-likeness (QED) is 0.484. The lowest BCUT2D eigenvalue weighted by Gasteiger charge is -2.16. The van der Waals surface area contributed by atoms with Gasteiger partial charge in [-0.15, -0.1) is 0 Å². The van der Waals surface area contributed by atoms with Crippen LogP contribution in [-0.2, 0) is 0 Å². The molecule has 1 atom stereocenters. The molecule has 0 aromatic carbocycles. The van der Waals surface area contributed by atoms with Gasteiger partial charge < -0.3 is 10.4 Å². The second kappa shape index (κ2) is 8.01. The zero-order valence-electron chi connectivity index (χ0n) is 9.04. The highest BCUT2D eigenvalue weighted by molar-refractivity contribution is 4.92. The third kappa shape index (κ3) is 5.40. The molecule has 0 bridgehead atoms. The molecule has 0 heterocycles. The second-order valence-corrected chi connectivity index (χ2v) is 4.09. The van der Waals surface area contributed by atoms with Crippen LogP contribution in [0, 0.1) is 5.92 Å². The predicted octanol–water partition coefficient (Wildman–Crippen LogP) is 2.09. The first kappa shape index (κ1) is 11.7. The van der Waals surface area contributed by atoms with Gasteiger partial charge in [-0.2, -0.15) is 0 Å². The lowest BCUT2D eigenvalue weighted by Crippen LogP contribution is -2.19. The Hall–Kier alpha value is -0.340. The Labute approximate surface area is 87.4 Å². The van der Waals surface area contributed by atoms with Crippen LogP contribution in [0.25, 0.3) is 0 Å². The average Bonchev–Trinajstić information content (AvgIpc) is 2.25. The number of unbranched alkanes of at least 4 members (excludes halogenated alkanes) is 1. The Morgan fingerprint density at radius 2 is 2.21 bits per heavy atom. The van der Waals surface area contributed by atoms with E-state index in [0.29, 0.717) is 6.61 Å². The molecule has 1 unspecified atom stereocenters.